The molecule has 0 bridgehead atoms. The predicted octanol–water partition coefficient (Wildman–Crippen LogP) is 0.580. The first kappa shape index (κ1) is 8.77. The molecule has 0 radical (unpaired) electrons. The number of esters is 1. The number of carboxylic acid groups (broad SMARTS) is 1. The second-order valence-corrected chi connectivity index (χ2v) is 2.97. The smallest absolute Gasteiger partial charge is 0.306 e. The number of cyclic esters (lactones) is 1. The Morgan fingerprint density at radius 1 is 1.83 bits per heavy atom. The number of ether oxygens (including phenoxy) is 1. The summed E-state index contributed by atoms with van der Waals surface area (Å²) in [4.78, 5) is 21.1. The van der Waals surface area contributed by atoms with Crippen LogP contribution < -0.4 is 0 Å². The Kier molecular flexibility index (Phi) is 2.17. The zero-order valence-corrected chi connectivity index (χ0v) is 6.58. The molecule has 1 aliphatic heterocycles. The average Bonchev–Trinajstić information content (AvgIpc) is 2.32. The Balaban J connectivity index is 2.70. The molecule has 0 aromatic carbocycles. The molecule has 0 spiro atoms. The zero-order valence-electron chi connectivity index (χ0n) is 6.58. The van der Waals surface area contributed by atoms with E-state index in [1.54, 1.807) is 0 Å². The molecule has 0 aromatic heterocycles. The second kappa shape index (κ2) is 2.97. The van der Waals surface area contributed by atoms with Crippen molar-refractivity contribution in [1.82, 2.24) is 0 Å². The maximum atomic E-state index is 10.7. The molecule has 1 rings (SSSR count). The minimum atomic E-state index is -0.937. The number of hydrogen-bond acceptors (Lipinski definition) is 3. The molecule has 1 fully saturated rings. The summed E-state index contributed by atoms with van der Waals surface area (Å²) in [6.45, 7) is 3.65. The van der Waals surface area contributed by atoms with Crippen LogP contribution in [0.3, 0.4) is 0 Å². The number of rotatable bonds is 3. The molecule has 1 saturated heterocycles. The second-order valence-electron chi connectivity index (χ2n) is 2.97. The van der Waals surface area contributed by atoms with E-state index in [0.29, 0.717) is 0 Å². The van der Waals surface area contributed by atoms with E-state index in [2.05, 4.69) is 11.3 Å². The van der Waals surface area contributed by atoms with Gasteiger partial charge in [-0.05, 0) is 0 Å². The van der Waals surface area contributed by atoms with Gasteiger partial charge in [-0.2, -0.15) is 0 Å². The minimum absolute atomic E-state index is 0.0950. The van der Waals surface area contributed by atoms with Crippen LogP contribution in [0, 0.1) is 5.41 Å². The monoisotopic (exact) mass is 170 g/mol. The van der Waals surface area contributed by atoms with E-state index < -0.39 is 11.4 Å². The van der Waals surface area contributed by atoms with Crippen molar-refractivity contribution in [3.8, 4) is 0 Å². The van der Waals surface area contributed by atoms with Crippen molar-refractivity contribution in [2.24, 2.45) is 5.41 Å². The molecule has 0 unspecified atom stereocenters. The minimum Gasteiger partial charge on any atom is -0.481 e. The summed E-state index contributed by atoms with van der Waals surface area (Å²) in [5.74, 6) is -1.29. The number of hydrogen-bond donors (Lipinski definition) is 1. The van der Waals surface area contributed by atoms with Gasteiger partial charge in [-0.1, -0.05) is 6.08 Å². The van der Waals surface area contributed by atoms with E-state index in [0.717, 1.165) is 0 Å². The third-order valence-corrected chi connectivity index (χ3v) is 1.95. The van der Waals surface area contributed by atoms with Crippen LogP contribution in [0.25, 0.3) is 0 Å². The van der Waals surface area contributed by atoms with E-state index >= 15 is 0 Å². The van der Waals surface area contributed by atoms with Crippen LogP contribution in [0.1, 0.15) is 12.8 Å². The van der Waals surface area contributed by atoms with Crippen molar-refractivity contribution in [3.63, 3.8) is 0 Å². The van der Waals surface area contributed by atoms with E-state index in [1.165, 1.54) is 6.08 Å². The average molecular weight is 170 g/mol. The molecule has 0 aromatic rings. The normalized spacial score (nSPS) is 28.2. The summed E-state index contributed by atoms with van der Waals surface area (Å²) in [6, 6.07) is 0. The number of carboxylic acids is 1. The van der Waals surface area contributed by atoms with Gasteiger partial charge in [0, 0.05) is 5.41 Å². The van der Waals surface area contributed by atoms with Crippen LogP contribution in [0.4, 0.5) is 0 Å². The van der Waals surface area contributed by atoms with Gasteiger partial charge >= 0.3 is 11.9 Å². The third-order valence-electron chi connectivity index (χ3n) is 1.95. The van der Waals surface area contributed by atoms with Gasteiger partial charge in [-0.25, -0.2) is 0 Å². The molecule has 12 heavy (non-hydrogen) atoms. The van der Waals surface area contributed by atoms with E-state index in [1.807, 2.05) is 0 Å². The lowest BCUT2D eigenvalue weighted by Gasteiger charge is -2.17. The Morgan fingerprint density at radius 2 is 2.50 bits per heavy atom. The molecule has 4 heteroatoms. The molecule has 1 heterocycles. The maximum absolute atomic E-state index is 10.7. The Morgan fingerprint density at radius 3 is 2.83 bits per heavy atom. The number of aliphatic carboxylic acids is 1. The van der Waals surface area contributed by atoms with Crippen molar-refractivity contribution in [1.29, 1.82) is 0 Å². The molecule has 4 nitrogen and oxygen atoms in total. The highest BCUT2D eigenvalue weighted by Gasteiger charge is 2.39. The van der Waals surface area contributed by atoms with Crippen molar-refractivity contribution in [2.45, 2.75) is 12.8 Å². The summed E-state index contributed by atoms with van der Waals surface area (Å²) in [6.07, 6.45) is 1.52. The first-order valence-corrected chi connectivity index (χ1v) is 3.59. The van der Waals surface area contributed by atoms with Gasteiger partial charge in [0.25, 0.3) is 0 Å². The lowest BCUT2D eigenvalue weighted by Crippen LogP contribution is -2.22. The lowest BCUT2D eigenvalue weighted by atomic mass is 9.84. The van der Waals surface area contributed by atoms with E-state index in [-0.39, 0.29) is 25.4 Å². The van der Waals surface area contributed by atoms with Gasteiger partial charge in [-0.3, -0.25) is 9.59 Å². The van der Waals surface area contributed by atoms with E-state index in [4.69, 9.17) is 5.11 Å². The van der Waals surface area contributed by atoms with Crippen LogP contribution in [0.15, 0.2) is 12.7 Å². The zero-order chi connectivity index (χ0) is 9.19. The van der Waals surface area contributed by atoms with Gasteiger partial charge in [-0.15, -0.1) is 6.58 Å². The number of carbonyl (C=O) groups excluding carboxylic acids is 1. The highest BCUT2D eigenvalue weighted by atomic mass is 16.5. The van der Waals surface area contributed by atoms with Crippen LogP contribution >= 0.6 is 0 Å². The molecule has 1 N–H and O–H groups in total. The molecule has 1 atom stereocenters. The predicted molar refractivity (Wildman–Crippen MR) is 40.5 cm³/mol. The molecule has 66 valence electrons. The van der Waals surface area contributed by atoms with Crippen LogP contribution in [0.2, 0.25) is 0 Å². The molecular formula is C8H10O4. The Labute approximate surface area is 69.8 Å². The summed E-state index contributed by atoms with van der Waals surface area (Å²) in [5, 5.41) is 8.54. The van der Waals surface area contributed by atoms with Gasteiger partial charge < -0.3 is 9.84 Å². The maximum Gasteiger partial charge on any atom is 0.306 e. The van der Waals surface area contributed by atoms with Gasteiger partial charge in [0.05, 0.1) is 12.8 Å². The quantitative estimate of drug-likeness (QED) is 0.497. The Hall–Kier alpha value is -1.32. The number of carbonyl (C=O) groups is 2. The first-order chi connectivity index (χ1) is 5.58. The van der Waals surface area contributed by atoms with Crippen molar-refractivity contribution >= 4 is 11.9 Å². The largest absolute Gasteiger partial charge is 0.481 e. The third kappa shape index (κ3) is 1.64. The van der Waals surface area contributed by atoms with E-state index in [9.17, 15) is 9.59 Å². The van der Waals surface area contributed by atoms with Gasteiger partial charge in [0.1, 0.15) is 6.61 Å². The van der Waals surface area contributed by atoms with Crippen LogP contribution in [0.5, 0.6) is 0 Å². The topological polar surface area (TPSA) is 63.6 Å². The summed E-state index contributed by atoms with van der Waals surface area (Å²) in [5.41, 5.74) is -0.678. The molecule has 0 aliphatic carbocycles. The van der Waals surface area contributed by atoms with Crippen LogP contribution in [-0.4, -0.2) is 23.7 Å². The molecular weight excluding hydrogens is 160 g/mol. The highest BCUT2D eigenvalue weighted by molar-refractivity contribution is 5.76. The molecule has 1 aliphatic rings. The van der Waals surface area contributed by atoms with Crippen molar-refractivity contribution < 1.29 is 19.4 Å². The lowest BCUT2D eigenvalue weighted by molar-refractivity contribution is -0.139. The summed E-state index contributed by atoms with van der Waals surface area (Å²) >= 11 is 0. The summed E-state index contributed by atoms with van der Waals surface area (Å²) < 4.78 is 4.69. The molecule has 0 saturated carbocycles. The van der Waals surface area contributed by atoms with Gasteiger partial charge in [0.15, 0.2) is 0 Å². The SMILES string of the molecule is C=C[C@]1(CC(=O)O)COC(=O)C1. The fraction of sp³-hybridized carbons (Fsp3) is 0.500. The van der Waals surface area contributed by atoms with Crippen molar-refractivity contribution in [2.75, 3.05) is 6.61 Å². The van der Waals surface area contributed by atoms with Crippen LogP contribution in [-0.2, 0) is 14.3 Å². The van der Waals surface area contributed by atoms with Gasteiger partial charge in [0.2, 0.25) is 0 Å². The standard InChI is InChI=1S/C8H10O4/c1-2-8(3-6(9)10)4-7(11)12-5-8/h2H,1,3-5H2,(H,9,10)/t8-/m1/s1. The first-order valence-electron chi connectivity index (χ1n) is 3.59. The Bertz CT molecular complexity index is 233. The highest BCUT2D eigenvalue weighted by Crippen LogP contribution is 2.34. The van der Waals surface area contributed by atoms with Crippen molar-refractivity contribution in [3.05, 3.63) is 12.7 Å². The summed E-state index contributed by atoms with van der Waals surface area (Å²) in [7, 11) is 0. The molecule has 0 amide bonds. The fourth-order valence-electron chi connectivity index (χ4n) is 1.23. The fourth-order valence-corrected chi connectivity index (χ4v) is 1.23.